The first-order valence-corrected chi connectivity index (χ1v) is 6.60. The molecular weight excluding hydrogens is 224 g/mol. The van der Waals surface area contributed by atoms with Crippen molar-refractivity contribution in [1.29, 1.82) is 0 Å². The Labute approximate surface area is 110 Å². The average molecular weight is 248 g/mol. The molecule has 3 heteroatoms. The molecule has 3 nitrogen and oxygen atoms in total. The fourth-order valence-electron chi connectivity index (χ4n) is 2.36. The number of rotatable bonds is 5. The van der Waals surface area contributed by atoms with Crippen LogP contribution in [0.3, 0.4) is 0 Å². The molecule has 1 saturated carbocycles. The van der Waals surface area contributed by atoms with E-state index in [-0.39, 0.29) is 5.54 Å². The molecular formula is C15H24N2O. The van der Waals surface area contributed by atoms with Gasteiger partial charge in [0.1, 0.15) is 5.75 Å². The summed E-state index contributed by atoms with van der Waals surface area (Å²) in [5.41, 5.74) is 11.4. The number of benzene rings is 1. The van der Waals surface area contributed by atoms with Crippen LogP contribution in [-0.2, 0) is 6.54 Å². The molecule has 1 fully saturated rings. The Morgan fingerprint density at radius 3 is 2.50 bits per heavy atom. The molecule has 0 radical (unpaired) electrons. The number of nitrogens with two attached hydrogens (primary N) is 1. The maximum absolute atomic E-state index is 6.08. The zero-order valence-electron chi connectivity index (χ0n) is 11.9. The van der Waals surface area contributed by atoms with Gasteiger partial charge in [-0.3, -0.25) is 0 Å². The third-order valence-electron chi connectivity index (χ3n) is 4.10. The molecule has 0 heterocycles. The smallest absolute Gasteiger partial charge is 0.122 e. The van der Waals surface area contributed by atoms with Crippen LogP contribution in [0, 0.1) is 20.8 Å². The summed E-state index contributed by atoms with van der Waals surface area (Å²) in [5.74, 6) is 0.978. The molecule has 0 amide bonds. The lowest BCUT2D eigenvalue weighted by atomic mass is 9.97. The monoisotopic (exact) mass is 248 g/mol. The molecule has 1 aromatic rings. The van der Waals surface area contributed by atoms with Crippen LogP contribution in [-0.4, -0.2) is 19.2 Å². The summed E-state index contributed by atoms with van der Waals surface area (Å²) < 4.78 is 5.39. The number of aryl methyl sites for hydroxylation is 1. The molecule has 3 N–H and O–H groups in total. The standard InChI is InChI=1S/C15H24N2O/c1-10-7-14(18-4)12(3)11(2)13(10)8-17-9-15(16)5-6-15/h7,17H,5-6,8-9,16H2,1-4H3. The Hall–Kier alpha value is -1.06. The highest BCUT2D eigenvalue weighted by molar-refractivity contribution is 5.48. The van der Waals surface area contributed by atoms with E-state index in [4.69, 9.17) is 10.5 Å². The van der Waals surface area contributed by atoms with Crippen LogP contribution in [0.2, 0.25) is 0 Å². The van der Waals surface area contributed by atoms with Gasteiger partial charge in [-0.1, -0.05) is 0 Å². The highest BCUT2D eigenvalue weighted by atomic mass is 16.5. The predicted octanol–water partition coefficient (Wildman–Crippen LogP) is 2.20. The molecule has 1 aliphatic carbocycles. The quantitative estimate of drug-likeness (QED) is 0.840. The van der Waals surface area contributed by atoms with E-state index in [1.807, 2.05) is 0 Å². The lowest BCUT2D eigenvalue weighted by Crippen LogP contribution is -2.35. The molecule has 0 atom stereocenters. The number of hydrogen-bond donors (Lipinski definition) is 2. The first kappa shape index (κ1) is 13.4. The van der Waals surface area contributed by atoms with E-state index in [9.17, 15) is 0 Å². The first-order chi connectivity index (χ1) is 8.47. The highest BCUT2D eigenvalue weighted by Gasteiger charge is 2.37. The van der Waals surface area contributed by atoms with Gasteiger partial charge in [0.05, 0.1) is 7.11 Å². The lowest BCUT2D eigenvalue weighted by Gasteiger charge is -2.17. The molecule has 0 bridgehead atoms. The third-order valence-corrected chi connectivity index (χ3v) is 4.10. The molecule has 0 spiro atoms. The van der Waals surface area contributed by atoms with Crippen molar-refractivity contribution in [3.8, 4) is 5.75 Å². The van der Waals surface area contributed by atoms with Crippen molar-refractivity contribution in [1.82, 2.24) is 5.32 Å². The van der Waals surface area contributed by atoms with Gasteiger partial charge in [-0.05, 0) is 61.9 Å². The Morgan fingerprint density at radius 1 is 1.28 bits per heavy atom. The Bertz CT molecular complexity index is 450. The predicted molar refractivity (Wildman–Crippen MR) is 75.1 cm³/mol. The van der Waals surface area contributed by atoms with Gasteiger partial charge in [0.15, 0.2) is 0 Å². The van der Waals surface area contributed by atoms with E-state index in [0.717, 1.165) is 31.7 Å². The zero-order chi connectivity index (χ0) is 13.3. The van der Waals surface area contributed by atoms with Crippen LogP contribution in [0.15, 0.2) is 6.07 Å². The second-order valence-electron chi connectivity index (χ2n) is 5.59. The van der Waals surface area contributed by atoms with Crippen LogP contribution in [0.4, 0.5) is 0 Å². The Morgan fingerprint density at radius 2 is 1.94 bits per heavy atom. The van der Waals surface area contributed by atoms with E-state index >= 15 is 0 Å². The van der Waals surface area contributed by atoms with E-state index in [1.54, 1.807) is 7.11 Å². The molecule has 1 aliphatic rings. The largest absolute Gasteiger partial charge is 0.496 e. The van der Waals surface area contributed by atoms with Crippen LogP contribution in [0.1, 0.15) is 35.1 Å². The van der Waals surface area contributed by atoms with Crippen LogP contribution in [0.25, 0.3) is 0 Å². The van der Waals surface area contributed by atoms with Crippen molar-refractivity contribution in [2.45, 2.75) is 45.7 Å². The van der Waals surface area contributed by atoms with Crippen LogP contribution < -0.4 is 15.8 Å². The molecule has 0 saturated heterocycles. The fourth-order valence-corrected chi connectivity index (χ4v) is 2.36. The minimum Gasteiger partial charge on any atom is -0.496 e. The summed E-state index contributed by atoms with van der Waals surface area (Å²) in [4.78, 5) is 0. The lowest BCUT2D eigenvalue weighted by molar-refractivity contribution is 0.410. The molecule has 100 valence electrons. The summed E-state index contributed by atoms with van der Waals surface area (Å²) in [6.45, 7) is 8.22. The normalized spacial score (nSPS) is 16.7. The van der Waals surface area contributed by atoms with Gasteiger partial charge in [-0.25, -0.2) is 0 Å². The molecule has 2 rings (SSSR count). The summed E-state index contributed by atoms with van der Waals surface area (Å²) in [6, 6.07) is 2.12. The topological polar surface area (TPSA) is 47.3 Å². The zero-order valence-corrected chi connectivity index (χ0v) is 11.9. The average Bonchev–Trinajstić information content (AvgIpc) is 3.06. The number of ether oxygens (including phenoxy) is 1. The van der Waals surface area contributed by atoms with Gasteiger partial charge in [0.25, 0.3) is 0 Å². The van der Waals surface area contributed by atoms with Crippen molar-refractivity contribution in [2.24, 2.45) is 5.73 Å². The number of methoxy groups -OCH3 is 1. The minimum atomic E-state index is 0.0727. The van der Waals surface area contributed by atoms with Crippen LogP contribution in [0.5, 0.6) is 5.75 Å². The number of hydrogen-bond acceptors (Lipinski definition) is 3. The minimum absolute atomic E-state index is 0.0727. The van der Waals surface area contributed by atoms with Gasteiger partial charge < -0.3 is 15.8 Å². The van der Waals surface area contributed by atoms with Crippen molar-refractivity contribution in [3.05, 3.63) is 28.3 Å². The second kappa shape index (κ2) is 4.90. The summed E-state index contributed by atoms with van der Waals surface area (Å²) in [6.07, 6.45) is 2.30. The highest BCUT2D eigenvalue weighted by Crippen LogP contribution is 2.31. The summed E-state index contributed by atoms with van der Waals surface area (Å²) in [5, 5.41) is 3.48. The van der Waals surface area contributed by atoms with Crippen molar-refractivity contribution in [3.63, 3.8) is 0 Å². The fraction of sp³-hybridized carbons (Fsp3) is 0.600. The van der Waals surface area contributed by atoms with Gasteiger partial charge in [-0.15, -0.1) is 0 Å². The molecule has 18 heavy (non-hydrogen) atoms. The van der Waals surface area contributed by atoms with Gasteiger partial charge >= 0.3 is 0 Å². The van der Waals surface area contributed by atoms with Crippen molar-refractivity contribution >= 4 is 0 Å². The SMILES string of the molecule is COc1cc(C)c(CNCC2(N)CC2)c(C)c1C. The van der Waals surface area contributed by atoms with Crippen molar-refractivity contribution < 1.29 is 4.74 Å². The van der Waals surface area contributed by atoms with E-state index in [1.165, 1.54) is 22.3 Å². The van der Waals surface area contributed by atoms with Crippen LogP contribution >= 0.6 is 0 Å². The molecule has 0 aliphatic heterocycles. The van der Waals surface area contributed by atoms with Gasteiger partial charge in [-0.2, -0.15) is 0 Å². The maximum atomic E-state index is 6.08. The second-order valence-corrected chi connectivity index (χ2v) is 5.59. The van der Waals surface area contributed by atoms with Gasteiger partial charge in [0, 0.05) is 18.6 Å². The Balaban J connectivity index is 2.09. The first-order valence-electron chi connectivity index (χ1n) is 6.60. The molecule has 0 unspecified atom stereocenters. The third kappa shape index (κ3) is 2.68. The van der Waals surface area contributed by atoms with E-state index < -0.39 is 0 Å². The molecule has 0 aromatic heterocycles. The van der Waals surface area contributed by atoms with Gasteiger partial charge in [0.2, 0.25) is 0 Å². The molecule has 1 aromatic carbocycles. The van der Waals surface area contributed by atoms with E-state index in [2.05, 4.69) is 32.2 Å². The van der Waals surface area contributed by atoms with E-state index in [0.29, 0.717) is 0 Å². The number of nitrogens with one attached hydrogen (secondary N) is 1. The summed E-state index contributed by atoms with van der Waals surface area (Å²) >= 11 is 0. The Kier molecular flexibility index (Phi) is 3.64. The summed E-state index contributed by atoms with van der Waals surface area (Å²) in [7, 11) is 1.73. The van der Waals surface area contributed by atoms with Crippen molar-refractivity contribution in [2.75, 3.05) is 13.7 Å². The maximum Gasteiger partial charge on any atom is 0.122 e.